The Morgan fingerprint density at radius 2 is 2.00 bits per heavy atom. The molecule has 0 aliphatic carbocycles. The molecule has 2 unspecified atom stereocenters. The molecule has 206 valence electrons. The highest BCUT2D eigenvalue weighted by Gasteiger charge is 2.47. The molecule has 0 radical (unpaired) electrons. The number of nitrogens with one attached hydrogen (secondary N) is 1. The van der Waals surface area contributed by atoms with Crippen molar-refractivity contribution in [2.45, 2.75) is 64.6 Å². The molecule has 2 fully saturated rings. The smallest absolute Gasteiger partial charge is 0.409 e. The predicted molar refractivity (Wildman–Crippen MR) is 136 cm³/mol. The Balaban J connectivity index is 1.42. The van der Waals surface area contributed by atoms with E-state index in [1.165, 1.54) is 10.9 Å². The molecular formula is C25H35N7O6. The van der Waals surface area contributed by atoms with Crippen LogP contribution in [0.5, 0.6) is 0 Å². The number of nitrogens with zero attached hydrogens (tertiary/aromatic N) is 5. The SMILES string of the molecule is CCNC(=O)[C@H]1O[C@@H](n2cnc3c(N)nc(C#CCC4CCN(C(=O)OCC(C)C)CC4)nc32)C(O)C1O. The van der Waals surface area contributed by atoms with Crippen molar-refractivity contribution in [2.75, 3.05) is 32.0 Å². The molecule has 4 atom stereocenters. The van der Waals surface area contributed by atoms with Gasteiger partial charge in [-0.3, -0.25) is 9.36 Å². The summed E-state index contributed by atoms with van der Waals surface area (Å²) >= 11 is 0. The van der Waals surface area contributed by atoms with Gasteiger partial charge >= 0.3 is 6.09 Å². The second-order valence-corrected chi connectivity index (χ2v) is 9.99. The number of piperidine rings is 1. The molecule has 2 saturated heterocycles. The molecule has 4 rings (SSSR count). The number of amides is 2. The third-order valence-electron chi connectivity index (χ3n) is 6.57. The van der Waals surface area contributed by atoms with Crippen molar-refractivity contribution in [1.82, 2.24) is 29.7 Å². The Bertz CT molecular complexity index is 1210. The quantitative estimate of drug-likeness (QED) is 0.383. The Kier molecular flexibility index (Phi) is 8.65. The van der Waals surface area contributed by atoms with Gasteiger partial charge in [0.2, 0.25) is 5.82 Å². The third kappa shape index (κ3) is 5.98. The van der Waals surface area contributed by atoms with Crippen LogP contribution >= 0.6 is 0 Å². The second kappa shape index (κ2) is 11.9. The van der Waals surface area contributed by atoms with Gasteiger partial charge in [0.15, 0.2) is 23.8 Å². The summed E-state index contributed by atoms with van der Waals surface area (Å²) in [5.41, 5.74) is 6.64. The van der Waals surface area contributed by atoms with Gasteiger partial charge in [0, 0.05) is 26.1 Å². The van der Waals surface area contributed by atoms with E-state index in [4.69, 9.17) is 15.2 Å². The minimum Gasteiger partial charge on any atom is -0.449 e. The Morgan fingerprint density at radius 3 is 2.68 bits per heavy atom. The number of likely N-dealkylation sites (tertiary alicyclic amines) is 1. The van der Waals surface area contributed by atoms with E-state index in [1.807, 2.05) is 13.8 Å². The van der Waals surface area contributed by atoms with Crippen LogP contribution in [0, 0.1) is 23.7 Å². The number of hydrogen-bond acceptors (Lipinski definition) is 10. The van der Waals surface area contributed by atoms with Crippen LogP contribution in [0.3, 0.4) is 0 Å². The number of ether oxygens (including phenoxy) is 2. The highest BCUT2D eigenvalue weighted by molar-refractivity contribution is 5.83. The molecule has 13 nitrogen and oxygen atoms in total. The summed E-state index contributed by atoms with van der Waals surface area (Å²) in [6.07, 6.45) is -1.79. The van der Waals surface area contributed by atoms with Gasteiger partial charge in [-0.2, -0.15) is 0 Å². The molecule has 0 saturated carbocycles. The fraction of sp³-hybridized carbons (Fsp3) is 0.640. The summed E-state index contributed by atoms with van der Waals surface area (Å²) < 4.78 is 12.4. The molecule has 2 aliphatic heterocycles. The van der Waals surface area contributed by atoms with Crippen molar-refractivity contribution >= 4 is 29.0 Å². The minimum absolute atomic E-state index is 0.111. The predicted octanol–water partition coefficient (Wildman–Crippen LogP) is 0.410. The van der Waals surface area contributed by atoms with E-state index in [9.17, 15) is 19.8 Å². The van der Waals surface area contributed by atoms with Gasteiger partial charge in [0.25, 0.3) is 5.91 Å². The lowest BCUT2D eigenvalue weighted by Crippen LogP contribution is -2.42. The molecule has 13 heteroatoms. The van der Waals surface area contributed by atoms with Gasteiger partial charge in [-0.15, -0.1) is 0 Å². The molecule has 2 aromatic rings. The van der Waals surface area contributed by atoms with Crippen molar-refractivity contribution in [2.24, 2.45) is 11.8 Å². The van der Waals surface area contributed by atoms with Crippen molar-refractivity contribution in [1.29, 1.82) is 0 Å². The van der Waals surface area contributed by atoms with Crippen molar-refractivity contribution < 1.29 is 29.3 Å². The van der Waals surface area contributed by atoms with E-state index in [2.05, 4.69) is 32.1 Å². The van der Waals surface area contributed by atoms with E-state index in [0.29, 0.717) is 50.0 Å². The molecule has 4 heterocycles. The van der Waals surface area contributed by atoms with Crippen molar-refractivity contribution in [3.05, 3.63) is 12.2 Å². The fourth-order valence-electron chi connectivity index (χ4n) is 4.48. The number of rotatable bonds is 6. The molecule has 2 amide bonds. The van der Waals surface area contributed by atoms with Crippen molar-refractivity contribution in [3.8, 4) is 11.8 Å². The molecule has 0 bridgehead atoms. The summed E-state index contributed by atoms with van der Waals surface area (Å²) in [5.74, 6) is 6.46. The lowest BCUT2D eigenvalue weighted by molar-refractivity contribution is -0.137. The Morgan fingerprint density at radius 1 is 1.26 bits per heavy atom. The number of carbonyl (C=O) groups is 2. The second-order valence-electron chi connectivity index (χ2n) is 9.99. The molecule has 38 heavy (non-hydrogen) atoms. The number of aliphatic hydroxyl groups excluding tert-OH is 2. The number of nitrogen functional groups attached to an aromatic ring is 1. The van der Waals surface area contributed by atoms with Crippen molar-refractivity contribution in [3.63, 3.8) is 0 Å². The van der Waals surface area contributed by atoms with E-state index in [-0.39, 0.29) is 23.4 Å². The van der Waals surface area contributed by atoms with Gasteiger partial charge in [0.1, 0.15) is 17.7 Å². The fourth-order valence-corrected chi connectivity index (χ4v) is 4.48. The maximum Gasteiger partial charge on any atom is 0.409 e. The van der Waals surface area contributed by atoms with Gasteiger partial charge < -0.3 is 35.6 Å². The first kappa shape index (κ1) is 27.6. The number of carbonyl (C=O) groups excluding carboxylic acids is 2. The number of hydrogen-bond donors (Lipinski definition) is 4. The summed E-state index contributed by atoms with van der Waals surface area (Å²) in [5, 5.41) is 23.5. The molecular weight excluding hydrogens is 494 g/mol. The lowest BCUT2D eigenvalue weighted by Gasteiger charge is -2.30. The average Bonchev–Trinajstić information content (AvgIpc) is 3.44. The van der Waals surface area contributed by atoms with E-state index in [0.717, 1.165) is 12.8 Å². The summed E-state index contributed by atoms with van der Waals surface area (Å²) in [7, 11) is 0. The molecule has 2 aliphatic rings. The Hall–Kier alpha value is -3.47. The summed E-state index contributed by atoms with van der Waals surface area (Å²) in [6, 6.07) is 0. The maximum atomic E-state index is 12.2. The van der Waals surface area contributed by atoms with Gasteiger partial charge in [-0.1, -0.05) is 19.8 Å². The standard InChI is InChI=1S/C25H35N7O6/c1-4-27-23(35)20-18(33)19(34)24(38-20)32-13-28-17-21(26)29-16(30-22(17)32)7-5-6-15-8-10-31(11-9-15)25(36)37-12-14(2)3/h13-15,18-20,24,33-34H,4,6,8-12H2,1-3H3,(H,27,35)(H2,26,29,30)/t18?,19?,20-,24+/m0/s1. The number of likely N-dealkylation sites (N-methyl/N-ethyl adjacent to an activating group) is 1. The van der Waals surface area contributed by atoms with Crippen LogP contribution in [0.15, 0.2) is 6.33 Å². The van der Waals surface area contributed by atoms with Crippen LogP contribution in [0.4, 0.5) is 10.6 Å². The molecule has 0 spiro atoms. The van der Waals surface area contributed by atoms with E-state index in [1.54, 1.807) is 11.8 Å². The van der Waals surface area contributed by atoms with Gasteiger partial charge in [-0.05, 0) is 37.5 Å². The maximum absolute atomic E-state index is 12.2. The number of fused-ring (bicyclic) bond motifs is 1. The number of anilines is 1. The van der Waals surface area contributed by atoms with Gasteiger partial charge in [-0.25, -0.2) is 19.7 Å². The average molecular weight is 530 g/mol. The van der Waals surface area contributed by atoms with Crippen LogP contribution in [-0.2, 0) is 14.3 Å². The zero-order chi connectivity index (χ0) is 27.4. The largest absolute Gasteiger partial charge is 0.449 e. The Labute approximate surface area is 220 Å². The number of aliphatic hydroxyl groups is 2. The van der Waals surface area contributed by atoms with Crippen LogP contribution in [0.2, 0.25) is 0 Å². The molecule has 0 aromatic carbocycles. The first-order chi connectivity index (χ1) is 18.2. The van der Waals surface area contributed by atoms with E-state index < -0.39 is 30.4 Å². The van der Waals surface area contributed by atoms with Crippen LogP contribution in [0.1, 0.15) is 52.1 Å². The molecule has 2 aromatic heterocycles. The van der Waals surface area contributed by atoms with Crippen LogP contribution in [-0.4, -0.2) is 91.2 Å². The first-order valence-electron chi connectivity index (χ1n) is 12.9. The highest BCUT2D eigenvalue weighted by Crippen LogP contribution is 2.32. The zero-order valence-electron chi connectivity index (χ0n) is 21.8. The zero-order valence-corrected chi connectivity index (χ0v) is 21.8. The topological polar surface area (TPSA) is 178 Å². The normalized spacial score (nSPS) is 23.9. The van der Waals surface area contributed by atoms with Crippen LogP contribution in [0.25, 0.3) is 11.2 Å². The summed E-state index contributed by atoms with van der Waals surface area (Å²) in [4.78, 5) is 39.0. The van der Waals surface area contributed by atoms with Gasteiger partial charge in [0.05, 0.1) is 12.9 Å². The van der Waals surface area contributed by atoms with E-state index >= 15 is 0 Å². The first-order valence-corrected chi connectivity index (χ1v) is 12.9. The minimum atomic E-state index is -1.43. The molecule has 5 N–H and O–H groups in total. The number of imidazole rings is 1. The monoisotopic (exact) mass is 529 g/mol. The summed E-state index contributed by atoms with van der Waals surface area (Å²) in [6.45, 7) is 7.78. The number of nitrogens with two attached hydrogens (primary N) is 1. The third-order valence-corrected chi connectivity index (χ3v) is 6.57. The highest BCUT2D eigenvalue weighted by atomic mass is 16.6. The lowest BCUT2D eigenvalue weighted by atomic mass is 9.94. The van der Waals surface area contributed by atoms with Crippen LogP contribution < -0.4 is 11.1 Å². The number of aromatic nitrogens is 4.